The molecule has 1 saturated heterocycles. The molecule has 3 rings (SSSR count). The maximum absolute atomic E-state index is 14.3. The molecule has 1 heterocycles. The summed E-state index contributed by atoms with van der Waals surface area (Å²) in [7, 11) is -2.73. The Morgan fingerprint density at radius 2 is 1.64 bits per heavy atom. The maximum Gasteiger partial charge on any atom is 0.269 e. The van der Waals surface area contributed by atoms with E-state index in [4.69, 9.17) is 14.2 Å². The summed E-state index contributed by atoms with van der Waals surface area (Å²) >= 11 is 0. The van der Waals surface area contributed by atoms with Gasteiger partial charge in [0.25, 0.3) is 11.8 Å². The zero-order valence-corrected chi connectivity index (χ0v) is 18.9. The Hall–Kier alpha value is -3.22. The third kappa shape index (κ3) is 5.59. The van der Waals surface area contributed by atoms with Crippen LogP contribution in [0, 0.1) is 5.82 Å². The third-order valence-corrected chi connectivity index (χ3v) is 6.71. The Morgan fingerprint density at radius 3 is 2.24 bits per heavy atom. The van der Waals surface area contributed by atoms with E-state index in [2.05, 4.69) is 10.9 Å². The van der Waals surface area contributed by atoms with E-state index in [0.717, 1.165) is 22.5 Å². The first-order valence-corrected chi connectivity index (χ1v) is 11.5. The first kappa shape index (κ1) is 24.4. The van der Waals surface area contributed by atoms with Crippen LogP contribution in [-0.4, -0.2) is 64.6 Å². The number of ether oxygens (including phenoxy) is 3. The highest BCUT2D eigenvalue weighted by atomic mass is 32.2. The molecule has 10 nitrogen and oxygen atoms in total. The number of nitrogens with one attached hydrogen (secondary N) is 2. The molecule has 2 N–H and O–H groups in total. The van der Waals surface area contributed by atoms with E-state index in [1.807, 2.05) is 6.92 Å². The number of hydrogen-bond acceptors (Lipinski definition) is 7. The van der Waals surface area contributed by atoms with E-state index in [1.165, 1.54) is 19.2 Å². The number of halogens is 1. The molecule has 0 atom stereocenters. The number of morpholine rings is 1. The highest BCUT2D eigenvalue weighted by Gasteiger charge is 2.29. The van der Waals surface area contributed by atoms with Gasteiger partial charge in [0, 0.05) is 24.2 Å². The van der Waals surface area contributed by atoms with Gasteiger partial charge in [-0.2, -0.15) is 4.31 Å². The molecule has 0 aromatic heterocycles. The second kappa shape index (κ2) is 10.6. The third-order valence-electron chi connectivity index (χ3n) is 4.80. The van der Waals surface area contributed by atoms with Crippen LogP contribution in [0.2, 0.25) is 0 Å². The second-order valence-electron chi connectivity index (χ2n) is 6.87. The summed E-state index contributed by atoms with van der Waals surface area (Å²) < 4.78 is 56.7. The van der Waals surface area contributed by atoms with Crippen molar-refractivity contribution in [3.63, 3.8) is 0 Å². The quantitative estimate of drug-likeness (QED) is 0.572. The molecule has 0 spiro atoms. The number of methoxy groups -OCH3 is 1. The summed E-state index contributed by atoms with van der Waals surface area (Å²) in [5.74, 6) is -1.65. The predicted octanol–water partition coefficient (Wildman–Crippen LogP) is 1.33. The van der Waals surface area contributed by atoms with Crippen LogP contribution in [0.15, 0.2) is 41.3 Å². The fourth-order valence-corrected chi connectivity index (χ4v) is 4.61. The van der Waals surface area contributed by atoms with Crippen LogP contribution in [0.1, 0.15) is 27.6 Å². The van der Waals surface area contributed by atoms with Crippen LogP contribution in [0.5, 0.6) is 11.5 Å². The Kier molecular flexibility index (Phi) is 7.84. The molecule has 2 aromatic rings. The Balaban J connectivity index is 1.72. The van der Waals surface area contributed by atoms with E-state index >= 15 is 0 Å². The number of carbonyl (C=O) groups is 2. The molecule has 0 saturated carbocycles. The summed E-state index contributed by atoms with van der Waals surface area (Å²) in [6.45, 7) is 2.79. The minimum atomic E-state index is -4.15. The van der Waals surface area contributed by atoms with Gasteiger partial charge in [0.1, 0.15) is 10.7 Å². The minimum Gasteiger partial charge on any atom is -0.493 e. The van der Waals surface area contributed by atoms with Gasteiger partial charge in [-0.05, 0) is 43.3 Å². The molecule has 33 heavy (non-hydrogen) atoms. The summed E-state index contributed by atoms with van der Waals surface area (Å²) in [5, 5.41) is 0. The van der Waals surface area contributed by atoms with Crippen LogP contribution in [0.25, 0.3) is 0 Å². The summed E-state index contributed by atoms with van der Waals surface area (Å²) in [5.41, 5.74) is 4.46. The van der Waals surface area contributed by atoms with Gasteiger partial charge < -0.3 is 14.2 Å². The molecular formula is C21H24FN3O7S. The molecule has 2 aromatic carbocycles. The van der Waals surface area contributed by atoms with Crippen LogP contribution in [0.3, 0.4) is 0 Å². The average molecular weight is 482 g/mol. The van der Waals surface area contributed by atoms with Crippen molar-refractivity contribution in [3.8, 4) is 11.5 Å². The molecule has 0 unspecified atom stereocenters. The predicted molar refractivity (Wildman–Crippen MR) is 115 cm³/mol. The number of amides is 2. The molecule has 178 valence electrons. The number of nitrogens with zero attached hydrogens (tertiary/aromatic N) is 1. The zero-order chi connectivity index (χ0) is 24.0. The lowest BCUT2D eigenvalue weighted by Crippen LogP contribution is -2.42. The van der Waals surface area contributed by atoms with Crippen molar-refractivity contribution >= 4 is 21.8 Å². The van der Waals surface area contributed by atoms with Gasteiger partial charge in [0.2, 0.25) is 10.0 Å². The van der Waals surface area contributed by atoms with Crippen molar-refractivity contribution in [1.29, 1.82) is 0 Å². The highest BCUT2D eigenvalue weighted by Crippen LogP contribution is 2.28. The van der Waals surface area contributed by atoms with E-state index < -0.39 is 32.6 Å². The van der Waals surface area contributed by atoms with Crippen LogP contribution >= 0.6 is 0 Å². The number of sulfonamides is 1. The molecule has 12 heteroatoms. The van der Waals surface area contributed by atoms with E-state index in [1.54, 1.807) is 6.07 Å². The van der Waals surface area contributed by atoms with Crippen LogP contribution in [-0.2, 0) is 14.8 Å². The lowest BCUT2D eigenvalue weighted by atomic mass is 10.2. The van der Waals surface area contributed by atoms with Gasteiger partial charge in [-0.15, -0.1) is 0 Å². The van der Waals surface area contributed by atoms with Crippen molar-refractivity contribution < 1.29 is 36.6 Å². The molecule has 0 radical (unpaired) electrons. The molecule has 1 fully saturated rings. The highest BCUT2D eigenvalue weighted by molar-refractivity contribution is 7.89. The first-order valence-electron chi connectivity index (χ1n) is 10.1. The molecule has 1 aliphatic heterocycles. The molecule has 1 aliphatic rings. The Labute approximate surface area is 190 Å². The normalized spacial score (nSPS) is 14.4. The smallest absolute Gasteiger partial charge is 0.269 e. The van der Waals surface area contributed by atoms with Crippen molar-refractivity contribution in [3.05, 3.63) is 53.3 Å². The van der Waals surface area contributed by atoms with Crippen molar-refractivity contribution in [2.75, 3.05) is 40.0 Å². The SMILES string of the molecule is CCOc1ccc(C(=O)NNC(=O)c2ccc(F)c(S(=O)(=O)N3CCOCC3)c2)cc1OC. The summed E-state index contributed by atoms with van der Waals surface area (Å²) in [4.78, 5) is 24.3. The lowest BCUT2D eigenvalue weighted by Gasteiger charge is -2.26. The number of hydrogen-bond donors (Lipinski definition) is 2. The van der Waals surface area contributed by atoms with Gasteiger partial charge in [-0.1, -0.05) is 0 Å². The number of rotatable bonds is 7. The zero-order valence-electron chi connectivity index (χ0n) is 18.1. The lowest BCUT2D eigenvalue weighted by molar-refractivity contribution is 0.0729. The fourth-order valence-electron chi connectivity index (χ4n) is 3.11. The topological polar surface area (TPSA) is 123 Å². The van der Waals surface area contributed by atoms with Crippen molar-refractivity contribution in [2.24, 2.45) is 0 Å². The monoisotopic (exact) mass is 481 g/mol. The average Bonchev–Trinajstić information content (AvgIpc) is 2.83. The first-order chi connectivity index (χ1) is 15.8. The van der Waals surface area contributed by atoms with Crippen molar-refractivity contribution in [2.45, 2.75) is 11.8 Å². The minimum absolute atomic E-state index is 0.0831. The van der Waals surface area contributed by atoms with Crippen LogP contribution in [0.4, 0.5) is 4.39 Å². The fraction of sp³-hybridized carbons (Fsp3) is 0.333. The molecule has 0 bridgehead atoms. The Morgan fingerprint density at radius 1 is 1.03 bits per heavy atom. The number of benzene rings is 2. The number of hydrazine groups is 1. The van der Waals surface area contributed by atoms with Crippen LogP contribution < -0.4 is 20.3 Å². The van der Waals surface area contributed by atoms with Gasteiger partial charge in [0.15, 0.2) is 11.5 Å². The molecule has 2 amide bonds. The Bertz CT molecular complexity index is 1130. The van der Waals surface area contributed by atoms with Gasteiger partial charge in [-0.3, -0.25) is 20.4 Å². The van der Waals surface area contributed by atoms with Crippen molar-refractivity contribution in [1.82, 2.24) is 15.2 Å². The number of carbonyl (C=O) groups excluding carboxylic acids is 2. The van der Waals surface area contributed by atoms with Gasteiger partial charge in [-0.25, -0.2) is 12.8 Å². The maximum atomic E-state index is 14.3. The van der Waals surface area contributed by atoms with E-state index in [-0.39, 0.29) is 37.4 Å². The van der Waals surface area contributed by atoms with Gasteiger partial charge in [0.05, 0.1) is 26.9 Å². The summed E-state index contributed by atoms with van der Waals surface area (Å²) in [6, 6.07) is 7.43. The summed E-state index contributed by atoms with van der Waals surface area (Å²) in [6.07, 6.45) is 0. The van der Waals surface area contributed by atoms with E-state index in [0.29, 0.717) is 18.1 Å². The van der Waals surface area contributed by atoms with Gasteiger partial charge >= 0.3 is 0 Å². The molecular weight excluding hydrogens is 457 g/mol. The van der Waals surface area contributed by atoms with E-state index in [9.17, 15) is 22.4 Å². The largest absolute Gasteiger partial charge is 0.493 e. The standard InChI is InChI=1S/C21H24FN3O7S/c1-3-32-17-7-5-14(12-18(17)30-2)20(26)23-24-21(27)15-4-6-16(22)19(13-15)33(28,29)25-8-10-31-11-9-25/h4-7,12-13H,3,8-11H2,1-2H3,(H,23,26)(H,24,27). The second-order valence-corrected chi connectivity index (χ2v) is 8.77. The molecule has 0 aliphatic carbocycles.